The maximum absolute atomic E-state index is 12.6. The van der Waals surface area contributed by atoms with Gasteiger partial charge in [0.15, 0.2) is 5.78 Å². The number of Topliss-reactive ketones (excluding diaryl/α,β-unsaturated/α-hetero) is 1. The normalized spacial score (nSPS) is 14.6. The van der Waals surface area contributed by atoms with Crippen LogP contribution in [0.5, 0.6) is 5.75 Å². The summed E-state index contributed by atoms with van der Waals surface area (Å²) in [5.74, 6) is 1.21. The standard InChI is InChI=1S/C24H30N2O3/c1-2-29-22-12-10-20(11-13-22)19-24(28)26-17-15-25(16-18-26)14-6-9-23(27)21-7-4-3-5-8-21/h3-5,7-8,10-13H,2,6,9,14-19H2,1H3. The third kappa shape index (κ3) is 6.43. The van der Waals surface area contributed by atoms with Gasteiger partial charge in [-0.1, -0.05) is 42.5 Å². The molecule has 0 atom stereocenters. The number of piperazine rings is 1. The van der Waals surface area contributed by atoms with Gasteiger partial charge in [-0.05, 0) is 37.6 Å². The van der Waals surface area contributed by atoms with E-state index < -0.39 is 0 Å². The summed E-state index contributed by atoms with van der Waals surface area (Å²) in [6.45, 7) is 6.74. The number of rotatable bonds is 9. The molecule has 0 saturated carbocycles. The van der Waals surface area contributed by atoms with Crippen molar-refractivity contribution in [3.8, 4) is 5.75 Å². The van der Waals surface area contributed by atoms with Gasteiger partial charge >= 0.3 is 0 Å². The summed E-state index contributed by atoms with van der Waals surface area (Å²) in [4.78, 5) is 29.0. The fourth-order valence-electron chi connectivity index (χ4n) is 3.61. The minimum Gasteiger partial charge on any atom is -0.494 e. The number of ether oxygens (including phenoxy) is 1. The van der Waals surface area contributed by atoms with Crippen molar-refractivity contribution in [3.05, 3.63) is 65.7 Å². The van der Waals surface area contributed by atoms with Crippen LogP contribution >= 0.6 is 0 Å². The highest BCUT2D eigenvalue weighted by Crippen LogP contribution is 2.14. The van der Waals surface area contributed by atoms with Gasteiger partial charge in [-0.2, -0.15) is 0 Å². The van der Waals surface area contributed by atoms with E-state index in [0.717, 1.165) is 56.0 Å². The second-order valence-electron chi connectivity index (χ2n) is 7.37. The second-order valence-corrected chi connectivity index (χ2v) is 7.37. The number of carbonyl (C=O) groups is 2. The molecule has 0 bridgehead atoms. The Balaban J connectivity index is 1.36. The van der Waals surface area contributed by atoms with Gasteiger partial charge in [-0.3, -0.25) is 14.5 Å². The summed E-state index contributed by atoms with van der Waals surface area (Å²) in [6.07, 6.45) is 1.85. The molecule has 3 rings (SSSR count). The lowest BCUT2D eigenvalue weighted by Crippen LogP contribution is -2.49. The molecule has 29 heavy (non-hydrogen) atoms. The van der Waals surface area contributed by atoms with Gasteiger partial charge in [-0.15, -0.1) is 0 Å². The van der Waals surface area contributed by atoms with E-state index in [2.05, 4.69) is 4.90 Å². The molecule has 0 aliphatic carbocycles. The van der Waals surface area contributed by atoms with Crippen LogP contribution in [0.3, 0.4) is 0 Å². The fourth-order valence-corrected chi connectivity index (χ4v) is 3.61. The van der Waals surface area contributed by atoms with E-state index in [1.54, 1.807) is 0 Å². The molecule has 0 N–H and O–H groups in total. The van der Waals surface area contributed by atoms with Crippen molar-refractivity contribution in [1.82, 2.24) is 9.80 Å². The molecule has 5 nitrogen and oxygen atoms in total. The van der Waals surface area contributed by atoms with Crippen molar-refractivity contribution in [3.63, 3.8) is 0 Å². The maximum atomic E-state index is 12.6. The van der Waals surface area contributed by atoms with E-state index in [1.165, 1.54) is 0 Å². The number of ketones is 1. The van der Waals surface area contributed by atoms with Crippen LogP contribution in [0.25, 0.3) is 0 Å². The van der Waals surface area contributed by atoms with Gasteiger partial charge in [0.2, 0.25) is 5.91 Å². The highest BCUT2D eigenvalue weighted by Gasteiger charge is 2.21. The van der Waals surface area contributed by atoms with Crippen molar-refractivity contribution in [2.75, 3.05) is 39.3 Å². The largest absolute Gasteiger partial charge is 0.494 e. The summed E-state index contributed by atoms with van der Waals surface area (Å²) < 4.78 is 5.44. The molecule has 0 aromatic heterocycles. The first-order chi connectivity index (χ1) is 14.2. The van der Waals surface area contributed by atoms with Crippen LogP contribution in [0.4, 0.5) is 0 Å². The first-order valence-electron chi connectivity index (χ1n) is 10.5. The highest BCUT2D eigenvalue weighted by molar-refractivity contribution is 5.95. The van der Waals surface area contributed by atoms with E-state index in [-0.39, 0.29) is 11.7 Å². The molecular weight excluding hydrogens is 364 g/mol. The molecule has 1 aliphatic rings. The molecule has 0 unspecified atom stereocenters. The van der Waals surface area contributed by atoms with Crippen molar-refractivity contribution in [2.24, 2.45) is 0 Å². The summed E-state index contributed by atoms with van der Waals surface area (Å²) in [6, 6.07) is 17.2. The quantitative estimate of drug-likeness (QED) is 0.612. The summed E-state index contributed by atoms with van der Waals surface area (Å²) >= 11 is 0. The Hall–Kier alpha value is -2.66. The van der Waals surface area contributed by atoms with Gasteiger partial charge in [0.1, 0.15) is 5.75 Å². The highest BCUT2D eigenvalue weighted by atomic mass is 16.5. The van der Waals surface area contributed by atoms with Gasteiger partial charge in [0.25, 0.3) is 0 Å². The van der Waals surface area contributed by atoms with E-state index >= 15 is 0 Å². The minimum atomic E-state index is 0.174. The topological polar surface area (TPSA) is 49.9 Å². The smallest absolute Gasteiger partial charge is 0.227 e. The predicted molar refractivity (Wildman–Crippen MR) is 114 cm³/mol. The Kier molecular flexibility index (Phi) is 7.82. The molecular formula is C24H30N2O3. The Morgan fingerprint density at radius 1 is 0.931 bits per heavy atom. The molecule has 1 saturated heterocycles. The van der Waals surface area contributed by atoms with Gasteiger partial charge in [0, 0.05) is 38.2 Å². The first-order valence-corrected chi connectivity index (χ1v) is 10.5. The summed E-state index contributed by atoms with van der Waals surface area (Å²) in [7, 11) is 0. The average Bonchev–Trinajstić information content (AvgIpc) is 2.76. The van der Waals surface area contributed by atoms with Gasteiger partial charge in [-0.25, -0.2) is 0 Å². The Bertz CT molecular complexity index is 782. The number of carbonyl (C=O) groups excluding carboxylic acids is 2. The minimum absolute atomic E-state index is 0.174. The fraction of sp³-hybridized carbons (Fsp3) is 0.417. The molecule has 0 radical (unpaired) electrons. The first kappa shape index (κ1) is 21.1. The summed E-state index contributed by atoms with van der Waals surface area (Å²) in [5.41, 5.74) is 1.80. The van der Waals surface area contributed by atoms with Crippen molar-refractivity contribution < 1.29 is 14.3 Å². The van der Waals surface area contributed by atoms with Crippen LogP contribution in [-0.2, 0) is 11.2 Å². The zero-order valence-electron chi connectivity index (χ0n) is 17.2. The molecule has 5 heteroatoms. The lowest BCUT2D eigenvalue weighted by molar-refractivity contribution is -0.132. The average molecular weight is 395 g/mol. The van der Waals surface area contributed by atoms with Crippen LogP contribution < -0.4 is 4.74 Å². The molecule has 2 aromatic carbocycles. The number of benzene rings is 2. The SMILES string of the molecule is CCOc1ccc(CC(=O)N2CCN(CCCC(=O)c3ccccc3)CC2)cc1. The molecule has 1 aliphatic heterocycles. The van der Waals surface area contributed by atoms with Gasteiger partial charge < -0.3 is 9.64 Å². The van der Waals surface area contributed by atoms with Crippen LogP contribution in [0, 0.1) is 0 Å². The van der Waals surface area contributed by atoms with Crippen molar-refractivity contribution >= 4 is 11.7 Å². The molecule has 0 spiro atoms. The Labute approximate surface area is 173 Å². The predicted octanol–water partition coefficient (Wildman–Crippen LogP) is 3.44. The monoisotopic (exact) mass is 394 g/mol. The molecule has 1 heterocycles. The molecule has 1 amide bonds. The van der Waals surface area contributed by atoms with Crippen molar-refractivity contribution in [1.29, 1.82) is 0 Å². The maximum Gasteiger partial charge on any atom is 0.227 e. The van der Waals surface area contributed by atoms with Crippen molar-refractivity contribution in [2.45, 2.75) is 26.2 Å². The molecule has 154 valence electrons. The summed E-state index contributed by atoms with van der Waals surface area (Å²) in [5, 5.41) is 0. The second kappa shape index (κ2) is 10.8. The van der Waals surface area contributed by atoms with E-state index in [1.807, 2.05) is 66.4 Å². The Morgan fingerprint density at radius 3 is 2.28 bits per heavy atom. The van der Waals surface area contributed by atoms with E-state index in [0.29, 0.717) is 19.4 Å². The van der Waals surface area contributed by atoms with E-state index in [4.69, 9.17) is 4.74 Å². The molecule has 1 fully saturated rings. The third-order valence-electron chi connectivity index (χ3n) is 5.29. The van der Waals surface area contributed by atoms with Gasteiger partial charge in [0.05, 0.1) is 13.0 Å². The lowest BCUT2D eigenvalue weighted by Gasteiger charge is -2.34. The van der Waals surface area contributed by atoms with Crippen LogP contribution in [-0.4, -0.2) is 60.8 Å². The zero-order chi connectivity index (χ0) is 20.5. The van der Waals surface area contributed by atoms with Crippen LogP contribution in [0.15, 0.2) is 54.6 Å². The number of amides is 1. The van der Waals surface area contributed by atoms with Crippen LogP contribution in [0.1, 0.15) is 35.7 Å². The zero-order valence-corrected chi connectivity index (χ0v) is 17.2. The number of hydrogen-bond acceptors (Lipinski definition) is 4. The molecule has 2 aromatic rings. The van der Waals surface area contributed by atoms with Crippen LogP contribution in [0.2, 0.25) is 0 Å². The Morgan fingerprint density at radius 2 is 1.62 bits per heavy atom. The third-order valence-corrected chi connectivity index (χ3v) is 5.29. The number of hydrogen-bond donors (Lipinski definition) is 0. The number of nitrogens with zero attached hydrogens (tertiary/aromatic N) is 2. The lowest BCUT2D eigenvalue weighted by atomic mass is 10.1. The van der Waals surface area contributed by atoms with E-state index in [9.17, 15) is 9.59 Å².